The third kappa shape index (κ3) is 5.59. The standard InChI is InChI=1S/C25H30N2O3S2/c1-19(2)17-30-23-7-9-24(10-8-23)32(28,29)26-15-25(22-12-14-31-18-22)27-13-11-20-5-3-4-6-21(20)16-27/h3-10,12,14,18-19,25-26H,11,13,15-17H2,1-2H3. The lowest BCUT2D eigenvalue weighted by molar-refractivity contribution is 0.181. The van der Waals surface area contributed by atoms with E-state index in [1.54, 1.807) is 35.6 Å². The molecule has 2 aromatic carbocycles. The van der Waals surface area contributed by atoms with Crippen LogP contribution >= 0.6 is 11.3 Å². The van der Waals surface area contributed by atoms with E-state index in [-0.39, 0.29) is 10.9 Å². The first-order valence-electron chi connectivity index (χ1n) is 11.0. The molecule has 1 atom stereocenters. The van der Waals surface area contributed by atoms with Gasteiger partial charge in [0, 0.05) is 25.7 Å². The first-order valence-corrected chi connectivity index (χ1v) is 13.4. The van der Waals surface area contributed by atoms with Crippen LogP contribution in [0.2, 0.25) is 0 Å². The quantitative estimate of drug-likeness (QED) is 0.485. The fourth-order valence-corrected chi connectivity index (χ4v) is 5.70. The third-order valence-electron chi connectivity index (χ3n) is 5.71. The van der Waals surface area contributed by atoms with Crippen LogP contribution in [0.3, 0.4) is 0 Å². The van der Waals surface area contributed by atoms with Crippen LogP contribution in [0.1, 0.15) is 36.6 Å². The molecule has 7 heteroatoms. The van der Waals surface area contributed by atoms with Gasteiger partial charge in [-0.25, -0.2) is 13.1 Å². The van der Waals surface area contributed by atoms with Gasteiger partial charge >= 0.3 is 0 Å². The van der Waals surface area contributed by atoms with Crippen molar-refractivity contribution in [1.29, 1.82) is 0 Å². The van der Waals surface area contributed by atoms with Crippen molar-refractivity contribution in [2.24, 2.45) is 5.92 Å². The number of nitrogens with one attached hydrogen (secondary N) is 1. The number of nitrogens with zero attached hydrogens (tertiary/aromatic N) is 1. The average molecular weight is 471 g/mol. The number of hydrogen-bond acceptors (Lipinski definition) is 5. The van der Waals surface area contributed by atoms with E-state index in [2.05, 4.69) is 59.2 Å². The smallest absolute Gasteiger partial charge is 0.240 e. The van der Waals surface area contributed by atoms with E-state index in [1.807, 2.05) is 5.38 Å². The molecule has 5 nitrogen and oxygen atoms in total. The van der Waals surface area contributed by atoms with Crippen molar-refractivity contribution in [1.82, 2.24) is 9.62 Å². The highest BCUT2D eigenvalue weighted by molar-refractivity contribution is 7.89. The van der Waals surface area contributed by atoms with Crippen molar-refractivity contribution in [3.05, 3.63) is 82.0 Å². The van der Waals surface area contributed by atoms with Crippen LogP contribution in [0.15, 0.2) is 70.3 Å². The molecule has 4 rings (SSSR count). The topological polar surface area (TPSA) is 58.6 Å². The Balaban J connectivity index is 1.46. The first kappa shape index (κ1) is 23.0. The first-order chi connectivity index (χ1) is 15.4. The molecule has 2 heterocycles. The van der Waals surface area contributed by atoms with Crippen molar-refractivity contribution in [3.8, 4) is 5.75 Å². The fraction of sp³-hybridized carbons (Fsp3) is 0.360. The second-order valence-corrected chi connectivity index (χ2v) is 11.1. The molecule has 0 saturated carbocycles. The van der Waals surface area contributed by atoms with Gasteiger partial charge < -0.3 is 4.74 Å². The number of sulfonamides is 1. The van der Waals surface area contributed by atoms with E-state index in [1.165, 1.54) is 11.1 Å². The molecule has 1 aliphatic heterocycles. The zero-order chi connectivity index (χ0) is 22.6. The molecule has 0 bridgehead atoms. The number of hydrogen-bond donors (Lipinski definition) is 1. The lowest BCUT2D eigenvalue weighted by atomic mass is 9.97. The largest absolute Gasteiger partial charge is 0.493 e. The van der Waals surface area contributed by atoms with Gasteiger partial charge in [0.2, 0.25) is 10.0 Å². The zero-order valence-electron chi connectivity index (χ0n) is 18.5. The Bertz CT molecular complexity index is 1110. The normalized spacial score (nSPS) is 15.5. The minimum absolute atomic E-state index is 0.0157. The predicted octanol–water partition coefficient (Wildman–Crippen LogP) is 4.86. The molecule has 0 amide bonds. The van der Waals surface area contributed by atoms with Crippen LogP contribution in [-0.2, 0) is 23.0 Å². The van der Waals surface area contributed by atoms with Crippen LogP contribution in [0, 0.1) is 5.92 Å². The number of thiophene rings is 1. The summed E-state index contributed by atoms with van der Waals surface area (Å²) in [6.07, 6.45) is 0.974. The van der Waals surface area contributed by atoms with Gasteiger partial charge in [0.15, 0.2) is 0 Å². The molecular weight excluding hydrogens is 440 g/mol. The van der Waals surface area contributed by atoms with Crippen molar-refractivity contribution in [2.75, 3.05) is 19.7 Å². The average Bonchev–Trinajstić information content (AvgIpc) is 3.32. The molecule has 32 heavy (non-hydrogen) atoms. The van der Waals surface area contributed by atoms with E-state index in [0.717, 1.165) is 25.1 Å². The molecule has 0 fully saturated rings. The van der Waals surface area contributed by atoms with Gasteiger partial charge in [-0.05, 0) is 70.1 Å². The van der Waals surface area contributed by atoms with Gasteiger partial charge in [-0.1, -0.05) is 38.1 Å². The van der Waals surface area contributed by atoms with Crippen LogP contribution in [-0.4, -0.2) is 33.0 Å². The van der Waals surface area contributed by atoms with Crippen LogP contribution in [0.5, 0.6) is 5.75 Å². The summed E-state index contributed by atoms with van der Waals surface area (Å²) in [5, 5.41) is 4.16. The highest BCUT2D eigenvalue weighted by Crippen LogP contribution is 2.29. The van der Waals surface area contributed by atoms with Crippen LogP contribution in [0.25, 0.3) is 0 Å². The van der Waals surface area contributed by atoms with E-state index < -0.39 is 10.0 Å². The molecule has 0 saturated heterocycles. The summed E-state index contributed by atoms with van der Waals surface area (Å²) in [4.78, 5) is 2.62. The van der Waals surface area contributed by atoms with E-state index >= 15 is 0 Å². The molecule has 1 aromatic heterocycles. The summed E-state index contributed by atoms with van der Waals surface area (Å²) in [7, 11) is -3.62. The molecule has 0 aliphatic carbocycles. The summed E-state index contributed by atoms with van der Waals surface area (Å²) < 4.78 is 34.5. The Morgan fingerprint density at radius 3 is 2.50 bits per heavy atom. The molecule has 1 aliphatic rings. The minimum Gasteiger partial charge on any atom is -0.493 e. The van der Waals surface area contributed by atoms with Gasteiger partial charge in [0.05, 0.1) is 11.5 Å². The molecular formula is C25H30N2O3S2. The fourth-order valence-electron chi connectivity index (χ4n) is 3.96. The van der Waals surface area contributed by atoms with Crippen molar-refractivity contribution in [2.45, 2.75) is 37.8 Å². The van der Waals surface area contributed by atoms with Crippen molar-refractivity contribution in [3.63, 3.8) is 0 Å². The Hall–Kier alpha value is -2.19. The number of rotatable bonds is 9. The number of benzene rings is 2. The van der Waals surface area contributed by atoms with Crippen molar-refractivity contribution >= 4 is 21.4 Å². The zero-order valence-corrected chi connectivity index (χ0v) is 20.2. The monoisotopic (exact) mass is 470 g/mol. The SMILES string of the molecule is CC(C)COc1ccc(S(=O)(=O)NCC(c2ccsc2)N2CCc3ccccc3C2)cc1. The summed E-state index contributed by atoms with van der Waals surface area (Å²) >= 11 is 1.64. The molecule has 1 unspecified atom stereocenters. The minimum atomic E-state index is -3.62. The molecule has 1 N–H and O–H groups in total. The summed E-state index contributed by atoms with van der Waals surface area (Å²) in [5.41, 5.74) is 3.85. The van der Waals surface area contributed by atoms with E-state index in [9.17, 15) is 8.42 Å². The molecule has 3 aromatic rings. The van der Waals surface area contributed by atoms with Gasteiger partial charge in [0.1, 0.15) is 5.75 Å². The second-order valence-electron chi connectivity index (χ2n) is 8.59. The van der Waals surface area contributed by atoms with Gasteiger partial charge in [-0.2, -0.15) is 11.3 Å². The van der Waals surface area contributed by atoms with Crippen LogP contribution < -0.4 is 9.46 Å². The highest BCUT2D eigenvalue weighted by atomic mass is 32.2. The maximum Gasteiger partial charge on any atom is 0.240 e. The van der Waals surface area contributed by atoms with Crippen molar-refractivity contribution < 1.29 is 13.2 Å². The Morgan fingerprint density at radius 2 is 1.81 bits per heavy atom. The maximum absolute atomic E-state index is 13.0. The number of fused-ring (bicyclic) bond motifs is 1. The predicted molar refractivity (Wildman–Crippen MR) is 130 cm³/mol. The van der Waals surface area contributed by atoms with E-state index in [4.69, 9.17) is 4.74 Å². The number of ether oxygens (including phenoxy) is 1. The summed E-state index contributed by atoms with van der Waals surface area (Å²) in [6.45, 7) is 6.81. The molecule has 0 spiro atoms. The molecule has 0 radical (unpaired) electrons. The lowest BCUT2D eigenvalue weighted by Crippen LogP contribution is -2.40. The molecule has 170 valence electrons. The Kier molecular flexibility index (Phi) is 7.30. The highest BCUT2D eigenvalue weighted by Gasteiger charge is 2.27. The Labute approximate surface area is 195 Å². The van der Waals surface area contributed by atoms with Gasteiger partial charge in [-0.15, -0.1) is 0 Å². The van der Waals surface area contributed by atoms with Gasteiger partial charge in [0.25, 0.3) is 0 Å². The van der Waals surface area contributed by atoms with E-state index in [0.29, 0.717) is 24.8 Å². The third-order valence-corrected chi connectivity index (χ3v) is 7.85. The summed E-state index contributed by atoms with van der Waals surface area (Å²) in [6, 6.07) is 17.2. The van der Waals surface area contributed by atoms with Crippen LogP contribution in [0.4, 0.5) is 0 Å². The lowest BCUT2D eigenvalue weighted by Gasteiger charge is -2.35. The Morgan fingerprint density at radius 1 is 1.06 bits per heavy atom. The second kappa shape index (κ2) is 10.2. The summed E-state index contributed by atoms with van der Waals surface area (Å²) in [5.74, 6) is 1.09. The maximum atomic E-state index is 13.0. The van der Waals surface area contributed by atoms with Gasteiger partial charge in [-0.3, -0.25) is 4.90 Å².